The molecule has 2 aromatic carbocycles. The topological polar surface area (TPSA) is 62.1 Å². The second-order valence-corrected chi connectivity index (χ2v) is 8.35. The minimum Gasteiger partial charge on any atom is -0.490 e. The molecule has 0 radical (unpaired) electrons. The average molecular weight is 483 g/mol. The third kappa shape index (κ3) is 5.29. The highest BCUT2D eigenvalue weighted by Gasteiger charge is 2.34. The Balaban J connectivity index is 1.54. The third-order valence-corrected chi connectivity index (χ3v) is 5.52. The number of imidazole rings is 1. The van der Waals surface area contributed by atoms with Crippen molar-refractivity contribution in [3.05, 3.63) is 77.7 Å². The first kappa shape index (κ1) is 24.3. The van der Waals surface area contributed by atoms with Crippen molar-refractivity contribution in [1.82, 2.24) is 19.5 Å². The van der Waals surface area contributed by atoms with E-state index in [1.54, 1.807) is 30.5 Å². The van der Waals surface area contributed by atoms with Gasteiger partial charge in [-0.25, -0.2) is 9.97 Å². The SMILES string of the molecule is COc1cnc(-c2ccccc2C(C)C)nc1OCc1ccc(-c2nc(C(F)(F)F)cn2C)cc1. The third-order valence-electron chi connectivity index (χ3n) is 5.52. The number of rotatable bonds is 7. The van der Waals surface area contributed by atoms with Crippen molar-refractivity contribution in [2.24, 2.45) is 7.05 Å². The summed E-state index contributed by atoms with van der Waals surface area (Å²) >= 11 is 0. The number of methoxy groups -OCH3 is 1. The molecule has 0 atom stereocenters. The number of aromatic nitrogens is 4. The molecule has 0 aliphatic heterocycles. The molecule has 35 heavy (non-hydrogen) atoms. The van der Waals surface area contributed by atoms with Crippen LogP contribution >= 0.6 is 0 Å². The molecule has 0 fully saturated rings. The van der Waals surface area contributed by atoms with Crippen LogP contribution in [0, 0.1) is 0 Å². The van der Waals surface area contributed by atoms with Crippen LogP contribution < -0.4 is 9.47 Å². The molecule has 0 bridgehead atoms. The van der Waals surface area contributed by atoms with E-state index in [9.17, 15) is 13.2 Å². The zero-order valence-corrected chi connectivity index (χ0v) is 19.8. The Labute approximate surface area is 201 Å². The second-order valence-electron chi connectivity index (χ2n) is 8.35. The Morgan fingerprint density at radius 1 is 1.00 bits per heavy atom. The summed E-state index contributed by atoms with van der Waals surface area (Å²) in [4.78, 5) is 12.8. The quantitative estimate of drug-likeness (QED) is 0.311. The molecular formula is C26H25F3N4O2. The molecule has 0 saturated carbocycles. The number of aryl methyl sites for hydroxylation is 1. The van der Waals surface area contributed by atoms with Gasteiger partial charge in [0.15, 0.2) is 17.3 Å². The van der Waals surface area contributed by atoms with Crippen LogP contribution in [-0.4, -0.2) is 26.6 Å². The van der Waals surface area contributed by atoms with E-state index in [2.05, 4.69) is 34.9 Å². The van der Waals surface area contributed by atoms with Crippen molar-refractivity contribution in [3.8, 4) is 34.4 Å². The van der Waals surface area contributed by atoms with Crippen LogP contribution in [0.3, 0.4) is 0 Å². The van der Waals surface area contributed by atoms with Gasteiger partial charge in [0.1, 0.15) is 12.4 Å². The van der Waals surface area contributed by atoms with Crippen molar-refractivity contribution in [2.45, 2.75) is 32.5 Å². The van der Waals surface area contributed by atoms with Gasteiger partial charge in [0.05, 0.1) is 13.3 Å². The van der Waals surface area contributed by atoms with Gasteiger partial charge in [-0.15, -0.1) is 0 Å². The van der Waals surface area contributed by atoms with Crippen molar-refractivity contribution >= 4 is 0 Å². The molecular weight excluding hydrogens is 457 g/mol. The van der Waals surface area contributed by atoms with Gasteiger partial charge in [-0.1, -0.05) is 62.4 Å². The Kier molecular flexibility index (Phi) is 6.77. The van der Waals surface area contributed by atoms with E-state index >= 15 is 0 Å². The highest BCUT2D eigenvalue weighted by atomic mass is 19.4. The second kappa shape index (κ2) is 9.77. The van der Waals surface area contributed by atoms with Gasteiger partial charge in [0.25, 0.3) is 5.88 Å². The summed E-state index contributed by atoms with van der Waals surface area (Å²) in [6.07, 6.45) is -1.94. The molecule has 6 nitrogen and oxygen atoms in total. The molecule has 182 valence electrons. The standard InChI is InChI=1S/C26H25F3N4O2/c1-16(2)19-7-5-6-8-20(19)23-30-13-21(34-4)25(32-23)35-15-17-9-11-18(12-10-17)24-31-22(14-33(24)3)26(27,28)29/h5-14,16H,15H2,1-4H3. The summed E-state index contributed by atoms with van der Waals surface area (Å²) in [7, 11) is 3.05. The Bertz CT molecular complexity index is 1320. The van der Waals surface area contributed by atoms with Crippen LogP contribution in [-0.2, 0) is 19.8 Å². The van der Waals surface area contributed by atoms with Crippen molar-refractivity contribution in [1.29, 1.82) is 0 Å². The Hall–Kier alpha value is -3.88. The van der Waals surface area contributed by atoms with E-state index in [-0.39, 0.29) is 12.4 Å². The van der Waals surface area contributed by atoms with Crippen LogP contribution in [0.4, 0.5) is 13.2 Å². The molecule has 0 unspecified atom stereocenters. The maximum atomic E-state index is 13.0. The Morgan fingerprint density at radius 3 is 2.34 bits per heavy atom. The summed E-state index contributed by atoms with van der Waals surface area (Å²) in [6, 6.07) is 14.9. The summed E-state index contributed by atoms with van der Waals surface area (Å²) < 4.78 is 51.6. The van der Waals surface area contributed by atoms with Gasteiger partial charge >= 0.3 is 6.18 Å². The van der Waals surface area contributed by atoms with E-state index in [0.717, 1.165) is 22.9 Å². The van der Waals surface area contributed by atoms with E-state index in [1.165, 1.54) is 18.7 Å². The van der Waals surface area contributed by atoms with Gasteiger partial charge in [0.2, 0.25) is 0 Å². The molecule has 0 spiro atoms. The molecule has 9 heteroatoms. The molecule has 0 saturated heterocycles. The maximum Gasteiger partial charge on any atom is 0.434 e. The van der Waals surface area contributed by atoms with E-state index in [0.29, 0.717) is 28.9 Å². The zero-order chi connectivity index (χ0) is 25.2. The number of halogens is 3. The van der Waals surface area contributed by atoms with E-state index in [1.807, 2.05) is 18.2 Å². The summed E-state index contributed by atoms with van der Waals surface area (Å²) in [6.45, 7) is 4.41. The monoisotopic (exact) mass is 482 g/mol. The number of alkyl halides is 3. The first-order valence-electron chi connectivity index (χ1n) is 11.0. The summed E-state index contributed by atoms with van der Waals surface area (Å²) in [5.74, 6) is 1.77. The smallest absolute Gasteiger partial charge is 0.434 e. The molecule has 0 amide bonds. The molecule has 0 aliphatic rings. The summed E-state index contributed by atoms with van der Waals surface area (Å²) in [5, 5.41) is 0. The number of hydrogen-bond donors (Lipinski definition) is 0. The lowest BCUT2D eigenvalue weighted by molar-refractivity contribution is -0.140. The molecule has 0 aliphatic carbocycles. The fourth-order valence-corrected chi connectivity index (χ4v) is 3.71. The number of ether oxygens (including phenoxy) is 2. The number of nitrogens with zero attached hydrogens (tertiary/aromatic N) is 4. The molecule has 2 heterocycles. The van der Waals surface area contributed by atoms with Gasteiger partial charge in [-0.2, -0.15) is 18.2 Å². The Morgan fingerprint density at radius 2 is 1.71 bits per heavy atom. The predicted octanol–water partition coefficient (Wildman–Crippen LogP) is 6.27. The fourth-order valence-electron chi connectivity index (χ4n) is 3.71. The zero-order valence-electron chi connectivity index (χ0n) is 19.8. The lowest BCUT2D eigenvalue weighted by atomic mass is 9.97. The van der Waals surface area contributed by atoms with Crippen LogP contribution in [0.1, 0.15) is 36.6 Å². The van der Waals surface area contributed by atoms with Gasteiger partial charge in [-0.3, -0.25) is 0 Å². The highest BCUT2D eigenvalue weighted by molar-refractivity contribution is 5.62. The normalized spacial score (nSPS) is 11.7. The van der Waals surface area contributed by atoms with Crippen LogP contribution in [0.15, 0.2) is 60.9 Å². The molecule has 0 N–H and O–H groups in total. The first-order chi connectivity index (χ1) is 16.7. The highest BCUT2D eigenvalue weighted by Crippen LogP contribution is 2.32. The minimum absolute atomic E-state index is 0.188. The van der Waals surface area contributed by atoms with Crippen molar-refractivity contribution in [2.75, 3.05) is 7.11 Å². The number of hydrogen-bond acceptors (Lipinski definition) is 5. The van der Waals surface area contributed by atoms with Crippen LogP contribution in [0.2, 0.25) is 0 Å². The van der Waals surface area contributed by atoms with E-state index < -0.39 is 11.9 Å². The minimum atomic E-state index is -4.49. The van der Waals surface area contributed by atoms with Crippen LogP contribution in [0.5, 0.6) is 11.6 Å². The average Bonchev–Trinajstić information content (AvgIpc) is 3.25. The van der Waals surface area contributed by atoms with Gasteiger partial charge in [-0.05, 0) is 17.0 Å². The van der Waals surface area contributed by atoms with Crippen molar-refractivity contribution < 1.29 is 22.6 Å². The van der Waals surface area contributed by atoms with Gasteiger partial charge < -0.3 is 14.0 Å². The number of benzene rings is 2. The largest absolute Gasteiger partial charge is 0.490 e. The molecule has 4 rings (SSSR count). The summed E-state index contributed by atoms with van der Waals surface area (Å²) in [5.41, 5.74) is 2.51. The predicted molar refractivity (Wildman–Crippen MR) is 126 cm³/mol. The lowest BCUT2D eigenvalue weighted by Crippen LogP contribution is -2.04. The molecule has 4 aromatic rings. The molecule has 2 aromatic heterocycles. The maximum absolute atomic E-state index is 13.0. The first-order valence-corrected chi connectivity index (χ1v) is 11.0. The van der Waals surface area contributed by atoms with Crippen molar-refractivity contribution in [3.63, 3.8) is 0 Å². The lowest BCUT2D eigenvalue weighted by Gasteiger charge is -2.14. The fraction of sp³-hybridized carbons (Fsp3) is 0.269. The van der Waals surface area contributed by atoms with Gasteiger partial charge in [0, 0.05) is 24.4 Å². The van der Waals surface area contributed by atoms with Crippen LogP contribution in [0.25, 0.3) is 22.8 Å². The van der Waals surface area contributed by atoms with E-state index in [4.69, 9.17) is 9.47 Å².